The second kappa shape index (κ2) is 7.22. The van der Waals surface area contributed by atoms with Gasteiger partial charge in [0.05, 0.1) is 6.61 Å². The molecule has 0 amide bonds. The second-order valence-corrected chi connectivity index (χ2v) is 5.37. The summed E-state index contributed by atoms with van der Waals surface area (Å²) in [4.78, 5) is 0. The SMILES string of the molecule is CCOc1ccc(C=CCCNC(C)(C)C)cc1. The standard InChI is InChI=1S/C16H25NO/c1-5-18-15-11-9-14(10-12-15)8-6-7-13-17-16(2,3)4/h6,8-12,17H,5,7,13H2,1-4H3. The van der Waals surface area contributed by atoms with E-state index < -0.39 is 0 Å². The molecule has 1 rings (SSSR count). The van der Waals surface area contributed by atoms with E-state index in [0.717, 1.165) is 18.7 Å². The van der Waals surface area contributed by atoms with E-state index in [1.165, 1.54) is 5.56 Å². The van der Waals surface area contributed by atoms with Gasteiger partial charge in [-0.15, -0.1) is 0 Å². The molecular formula is C16H25NO. The zero-order valence-corrected chi connectivity index (χ0v) is 12.0. The van der Waals surface area contributed by atoms with Gasteiger partial charge in [0.25, 0.3) is 0 Å². The summed E-state index contributed by atoms with van der Waals surface area (Å²) in [6.45, 7) is 10.3. The van der Waals surface area contributed by atoms with Crippen LogP contribution in [0, 0.1) is 0 Å². The number of hydrogen-bond acceptors (Lipinski definition) is 2. The Morgan fingerprint density at radius 2 is 1.83 bits per heavy atom. The molecule has 0 radical (unpaired) electrons. The third-order valence-corrected chi connectivity index (χ3v) is 2.47. The number of ether oxygens (including phenoxy) is 1. The maximum absolute atomic E-state index is 5.41. The average molecular weight is 247 g/mol. The lowest BCUT2D eigenvalue weighted by Gasteiger charge is -2.19. The van der Waals surface area contributed by atoms with Gasteiger partial charge in [-0.3, -0.25) is 0 Å². The molecule has 0 unspecified atom stereocenters. The summed E-state index contributed by atoms with van der Waals surface area (Å²) in [7, 11) is 0. The number of hydrogen-bond donors (Lipinski definition) is 1. The van der Waals surface area contributed by atoms with Crippen molar-refractivity contribution in [3.63, 3.8) is 0 Å². The van der Waals surface area contributed by atoms with Crippen molar-refractivity contribution in [1.29, 1.82) is 0 Å². The average Bonchev–Trinajstić information content (AvgIpc) is 2.30. The van der Waals surface area contributed by atoms with Gasteiger partial charge in [0.1, 0.15) is 5.75 Å². The van der Waals surface area contributed by atoms with Crippen LogP contribution in [0.15, 0.2) is 30.3 Å². The van der Waals surface area contributed by atoms with Crippen molar-refractivity contribution in [1.82, 2.24) is 5.32 Å². The molecule has 18 heavy (non-hydrogen) atoms. The molecule has 0 aliphatic carbocycles. The summed E-state index contributed by atoms with van der Waals surface area (Å²) < 4.78 is 5.41. The van der Waals surface area contributed by atoms with Crippen molar-refractivity contribution in [3.8, 4) is 5.75 Å². The Labute approximate surface area is 111 Å². The van der Waals surface area contributed by atoms with Gasteiger partial charge in [-0.2, -0.15) is 0 Å². The highest BCUT2D eigenvalue weighted by Crippen LogP contribution is 2.13. The van der Waals surface area contributed by atoms with Crippen molar-refractivity contribution in [2.75, 3.05) is 13.2 Å². The van der Waals surface area contributed by atoms with Crippen molar-refractivity contribution in [2.45, 2.75) is 39.7 Å². The quantitative estimate of drug-likeness (QED) is 0.770. The fourth-order valence-corrected chi connectivity index (χ4v) is 1.59. The fraction of sp³-hybridized carbons (Fsp3) is 0.500. The minimum Gasteiger partial charge on any atom is -0.494 e. The summed E-state index contributed by atoms with van der Waals surface area (Å²) in [6, 6.07) is 8.19. The zero-order valence-electron chi connectivity index (χ0n) is 12.0. The molecule has 1 aromatic rings. The molecule has 0 spiro atoms. The van der Waals surface area contributed by atoms with Crippen LogP contribution in [0.3, 0.4) is 0 Å². The van der Waals surface area contributed by atoms with Gasteiger partial charge in [-0.05, 0) is 58.4 Å². The maximum atomic E-state index is 5.41. The van der Waals surface area contributed by atoms with Gasteiger partial charge in [-0.25, -0.2) is 0 Å². The number of rotatable bonds is 6. The molecule has 0 atom stereocenters. The first-order chi connectivity index (χ1) is 8.51. The fourth-order valence-electron chi connectivity index (χ4n) is 1.59. The minimum absolute atomic E-state index is 0.201. The summed E-state index contributed by atoms with van der Waals surface area (Å²) in [5.74, 6) is 0.934. The van der Waals surface area contributed by atoms with Crippen LogP contribution < -0.4 is 10.1 Å². The Bertz CT molecular complexity index is 360. The van der Waals surface area contributed by atoms with E-state index in [1.54, 1.807) is 0 Å². The molecule has 0 saturated carbocycles. The van der Waals surface area contributed by atoms with Gasteiger partial charge in [0, 0.05) is 5.54 Å². The minimum atomic E-state index is 0.201. The topological polar surface area (TPSA) is 21.3 Å². The molecule has 1 N–H and O–H groups in total. The highest BCUT2D eigenvalue weighted by molar-refractivity contribution is 5.50. The van der Waals surface area contributed by atoms with Gasteiger partial charge < -0.3 is 10.1 Å². The van der Waals surface area contributed by atoms with E-state index in [4.69, 9.17) is 4.74 Å². The molecule has 1 aromatic carbocycles. The predicted octanol–water partition coefficient (Wildman–Crippen LogP) is 3.88. The molecule has 2 nitrogen and oxygen atoms in total. The van der Waals surface area contributed by atoms with Crippen LogP contribution >= 0.6 is 0 Å². The molecule has 0 fully saturated rings. The predicted molar refractivity (Wildman–Crippen MR) is 79.0 cm³/mol. The van der Waals surface area contributed by atoms with E-state index in [1.807, 2.05) is 19.1 Å². The van der Waals surface area contributed by atoms with Crippen LogP contribution in [0.5, 0.6) is 5.75 Å². The van der Waals surface area contributed by atoms with Crippen molar-refractivity contribution in [3.05, 3.63) is 35.9 Å². The largest absolute Gasteiger partial charge is 0.494 e. The van der Waals surface area contributed by atoms with Crippen molar-refractivity contribution in [2.24, 2.45) is 0 Å². The van der Waals surface area contributed by atoms with Gasteiger partial charge in [-0.1, -0.05) is 24.3 Å². The molecule has 0 aliphatic heterocycles. The van der Waals surface area contributed by atoms with Crippen LogP contribution in [-0.2, 0) is 0 Å². The number of nitrogens with one attached hydrogen (secondary N) is 1. The van der Waals surface area contributed by atoms with E-state index in [-0.39, 0.29) is 5.54 Å². The van der Waals surface area contributed by atoms with Crippen LogP contribution in [-0.4, -0.2) is 18.7 Å². The lowest BCUT2D eigenvalue weighted by molar-refractivity contribution is 0.340. The van der Waals surface area contributed by atoms with E-state index in [0.29, 0.717) is 6.61 Å². The first-order valence-corrected chi connectivity index (χ1v) is 6.66. The second-order valence-electron chi connectivity index (χ2n) is 5.37. The summed E-state index contributed by atoms with van der Waals surface area (Å²) in [6.07, 6.45) is 5.40. The molecule has 0 saturated heterocycles. The first kappa shape index (κ1) is 14.8. The molecule has 0 bridgehead atoms. The third kappa shape index (κ3) is 6.45. The molecular weight excluding hydrogens is 222 g/mol. The first-order valence-electron chi connectivity index (χ1n) is 6.66. The maximum Gasteiger partial charge on any atom is 0.119 e. The molecule has 0 aliphatic rings. The Morgan fingerprint density at radius 3 is 2.39 bits per heavy atom. The lowest BCUT2D eigenvalue weighted by Crippen LogP contribution is -2.36. The number of benzene rings is 1. The highest BCUT2D eigenvalue weighted by Gasteiger charge is 2.06. The van der Waals surface area contributed by atoms with Gasteiger partial charge in [0.2, 0.25) is 0 Å². The van der Waals surface area contributed by atoms with Crippen molar-refractivity contribution < 1.29 is 4.74 Å². The summed E-state index contributed by atoms with van der Waals surface area (Å²) >= 11 is 0. The third-order valence-electron chi connectivity index (χ3n) is 2.47. The van der Waals surface area contributed by atoms with Crippen molar-refractivity contribution >= 4 is 6.08 Å². The Hall–Kier alpha value is -1.28. The monoisotopic (exact) mass is 247 g/mol. The highest BCUT2D eigenvalue weighted by atomic mass is 16.5. The van der Waals surface area contributed by atoms with E-state index in [9.17, 15) is 0 Å². The zero-order chi connectivity index (χ0) is 13.4. The summed E-state index contributed by atoms with van der Waals surface area (Å²) in [5, 5.41) is 3.46. The van der Waals surface area contributed by atoms with Crippen LogP contribution in [0.1, 0.15) is 39.7 Å². The van der Waals surface area contributed by atoms with Gasteiger partial charge >= 0.3 is 0 Å². The van der Waals surface area contributed by atoms with Crippen LogP contribution in [0.4, 0.5) is 0 Å². The Morgan fingerprint density at radius 1 is 1.17 bits per heavy atom. The normalized spacial score (nSPS) is 12.0. The Kier molecular flexibility index (Phi) is 5.93. The molecule has 100 valence electrons. The summed E-state index contributed by atoms with van der Waals surface area (Å²) in [5.41, 5.74) is 1.42. The molecule has 2 heteroatoms. The van der Waals surface area contributed by atoms with Crippen LogP contribution in [0.25, 0.3) is 6.08 Å². The lowest BCUT2D eigenvalue weighted by atomic mass is 10.1. The van der Waals surface area contributed by atoms with Gasteiger partial charge in [0.15, 0.2) is 0 Å². The van der Waals surface area contributed by atoms with E-state index in [2.05, 4.69) is 50.4 Å². The Balaban J connectivity index is 2.33. The smallest absolute Gasteiger partial charge is 0.119 e. The molecule has 0 heterocycles. The van der Waals surface area contributed by atoms with E-state index >= 15 is 0 Å². The molecule has 0 aromatic heterocycles. The van der Waals surface area contributed by atoms with Crippen LogP contribution in [0.2, 0.25) is 0 Å².